The molecule has 2 N–H and O–H groups in total. The number of hydrogen-bond donors (Lipinski definition) is 2. The van der Waals surface area contributed by atoms with Gasteiger partial charge in [0.15, 0.2) is 10.8 Å². The molecule has 0 saturated heterocycles. The third kappa shape index (κ3) is 3.43. The summed E-state index contributed by atoms with van der Waals surface area (Å²) in [6.45, 7) is 3.65. The molecule has 0 saturated carbocycles. The lowest BCUT2D eigenvalue weighted by Gasteiger charge is -2.11. The van der Waals surface area contributed by atoms with Crippen molar-refractivity contribution in [1.29, 1.82) is 0 Å². The Labute approximate surface area is 109 Å². The average Bonchev–Trinajstić information content (AvgIpc) is 2.68. The molecule has 1 heterocycles. The van der Waals surface area contributed by atoms with Crippen LogP contribution in [0.15, 0.2) is 0 Å². The molecule has 1 aromatic heterocycles. The number of carboxylic acids is 1. The molecular formula is C11H16N2O4S. The highest BCUT2D eigenvalue weighted by atomic mass is 32.1. The second kappa shape index (κ2) is 6.34. The summed E-state index contributed by atoms with van der Waals surface area (Å²) in [5.41, 5.74) is 0.227. The summed E-state index contributed by atoms with van der Waals surface area (Å²) < 4.78 is 4.59. The predicted octanol–water partition coefficient (Wildman–Crippen LogP) is 1.90. The van der Waals surface area contributed by atoms with Crippen molar-refractivity contribution >= 4 is 28.4 Å². The first-order valence-corrected chi connectivity index (χ1v) is 6.36. The molecule has 0 aromatic carbocycles. The van der Waals surface area contributed by atoms with Gasteiger partial charge in [-0.15, -0.1) is 11.3 Å². The molecule has 6 nitrogen and oxygen atoms in total. The van der Waals surface area contributed by atoms with Crippen molar-refractivity contribution in [2.45, 2.75) is 32.7 Å². The van der Waals surface area contributed by atoms with Gasteiger partial charge in [-0.05, 0) is 13.3 Å². The third-order valence-corrected chi connectivity index (χ3v) is 3.25. The summed E-state index contributed by atoms with van der Waals surface area (Å²) in [6.07, 6.45) is 1.25. The monoisotopic (exact) mass is 272 g/mol. The van der Waals surface area contributed by atoms with Crippen LogP contribution in [0.4, 0.5) is 5.13 Å². The molecule has 0 aliphatic heterocycles. The highest BCUT2D eigenvalue weighted by molar-refractivity contribution is 7.15. The highest BCUT2D eigenvalue weighted by Gasteiger charge is 2.20. The number of hydrogen-bond acceptors (Lipinski definition) is 6. The van der Waals surface area contributed by atoms with Gasteiger partial charge in [-0.2, -0.15) is 0 Å². The second-order valence-corrected chi connectivity index (χ2v) is 4.94. The number of esters is 1. The summed E-state index contributed by atoms with van der Waals surface area (Å²) in [4.78, 5) is 27.1. The van der Waals surface area contributed by atoms with Crippen LogP contribution < -0.4 is 5.32 Å². The van der Waals surface area contributed by atoms with Crippen LogP contribution in [0.1, 0.15) is 35.1 Å². The van der Waals surface area contributed by atoms with E-state index in [2.05, 4.69) is 15.0 Å². The molecule has 1 atom stereocenters. The SMILES string of the molecule is CCCC(Nc1nc(C(=O)OC)c(C)s1)C(=O)O. The maximum absolute atomic E-state index is 11.4. The predicted molar refractivity (Wildman–Crippen MR) is 68.1 cm³/mol. The molecule has 100 valence electrons. The highest BCUT2D eigenvalue weighted by Crippen LogP contribution is 2.23. The van der Waals surface area contributed by atoms with E-state index in [0.717, 1.165) is 6.42 Å². The normalized spacial score (nSPS) is 11.9. The molecule has 1 aromatic rings. The van der Waals surface area contributed by atoms with Crippen molar-refractivity contribution in [3.05, 3.63) is 10.6 Å². The molecule has 0 fully saturated rings. The van der Waals surface area contributed by atoms with Crippen molar-refractivity contribution in [2.75, 3.05) is 12.4 Å². The van der Waals surface area contributed by atoms with Gasteiger partial charge in [-0.3, -0.25) is 0 Å². The van der Waals surface area contributed by atoms with Gasteiger partial charge in [0.05, 0.1) is 7.11 Å². The average molecular weight is 272 g/mol. The Bertz CT molecular complexity index is 444. The van der Waals surface area contributed by atoms with Gasteiger partial charge in [0.2, 0.25) is 0 Å². The number of thiazole rings is 1. The minimum Gasteiger partial charge on any atom is -0.480 e. The molecule has 0 amide bonds. The second-order valence-electron chi connectivity index (χ2n) is 3.74. The van der Waals surface area contributed by atoms with Crippen LogP contribution >= 0.6 is 11.3 Å². The number of aryl methyl sites for hydroxylation is 1. The molecule has 0 aliphatic rings. The zero-order valence-corrected chi connectivity index (χ0v) is 11.3. The maximum Gasteiger partial charge on any atom is 0.357 e. The fourth-order valence-electron chi connectivity index (χ4n) is 1.44. The van der Waals surface area contributed by atoms with E-state index in [9.17, 15) is 9.59 Å². The van der Waals surface area contributed by atoms with Crippen LogP contribution in [0.5, 0.6) is 0 Å². The van der Waals surface area contributed by atoms with Crippen molar-refractivity contribution < 1.29 is 19.4 Å². The summed E-state index contributed by atoms with van der Waals surface area (Å²) in [5, 5.41) is 12.3. The number of aromatic nitrogens is 1. The molecule has 7 heteroatoms. The Hall–Kier alpha value is -1.63. The van der Waals surface area contributed by atoms with Crippen molar-refractivity contribution in [3.63, 3.8) is 0 Å². The lowest BCUT2D eigenvalue weighted by molar-refractivity contribution is -0.138. The van der Waals surface area contributed by atoms with E-state index in [1.54, 1.807) is 6.92 Å². The van der Waals surface area contributed by atoms with E-state index >= 15 is 0 Å². The van der Waals surface area contributed by atoms with Crippen molar-refractivity contribution in [3.8, 4) is 0 Å². The number of carbonyl (C=O) groups excluding carboxylic acids is 1. The summed E-state index contributed by atoms with van der Waals surface area (Å²) in [6, 6.07) is -0.689. The largest absolute Gasteiger partial charge is 0.480 e. The van der Waals surface area contributed by atoms with Crippen LogP contribution in [0.2, 0.25) is 0 Å². The van der Waals surface area contributed by atoms with E-state index in [-0.39, 0.29) is 5.69 Å². The minimum absolute atomic E-state index is 0.227. The molecule has 18 heavy (non-hydrogen) atoms. The number of carboxylic acid groups (broad SMARTS) is 1. The lowest BCUT2D eigenvalue weighted by atomic mass is 10.2. The zero-order chi connectivity index (χ0) is 13.7. The summed E-state index contributed by atoms with van der Waals surface area (Å²) in [7, 11) is 1.28. The summed E-state index contributed by atoms with van der Waals surface area (Å²) >= 11 is 1.24. The first-order valence-electron chi connectivity index (χ1n) is 5.54. The first-order chi connectivity index (χ1) is 8.49. The summed E-state index contributed by atoms with van der Waals surface area (Å²) in [5.74, 6) is -1.44. The molecular weight excluding hydrogens is 256 g/mol. The zero-order valence-electron chi connectivity index (χ0n) is 10.5. The number of ether oxygens (including phenoxy) is 1. The molecule has 0 aliphatic carbocycles. The van der Waals surface area contributed by atoms with E-state index in [4.69, 9.17) is 5.11 Å². The Morgan fingerprint density at radius 1 is 1.56 bits per heavy atom. The van der Waals surface area contributed by atoms with Crippen LogP contribution in [-0.2, 0) is 9.53 Å². The van der Waals surface area contributed by atoms with Gasteiger partial charge in [0, 0.05) is 4.88 Å². The Morgan fingerprint density at radius 2 is 2.22 bits per heavy atom. The van der Waals surface area contributed by atoms with E-state index in [1.807, 2.05) is 6.92 Å². The molecule has 0 bridgehead atoms. The Kier molecular flexibility index (Phi) is 5.08. The van der Waals surface area contributed by atoms with E-state index in [0.29, 0.717) is 16.4 Å². The van der Waals surface area contributed by atoms with Gasteiger partial charge < -0.3 is 15.2 Å². The number of rotatable bonds is 6. The van der Waals surface area contributed by atoms with E-state index in [1.165, 1.54) is 18.4 Å². The Morgan fingerprint density at radius 3 is 2.72 bits per heavy atom. The van der Waals surface area contributed by atoms with Gasteiger partial charge in [-0.25, -0.2) is 14.6 Å². The van der Waals surface area contributed by atoms with E-state index < -0.39 is 18.0 Å². The number of nitrogens with one attached hydrogen (secondary N) is 1. The number of aliphatic carboxylic acids is 1. The number of nitrogens with zero attached hydrogens (tertiary/aromatic N) is 1. The van der Waals surface area contributed by atoms with Crippen molar-refractivity contribution in [2.24, 2.45) is 0 Å². The van der Waals surface area contributed by atoms with Gasteiger partial charge in [0.1, 0.15) is 6.04 Å². The third-order valence-electron chi connectivity index (χ3n) is 2.35. The molecule has 1 rings (SSSR count). The van der Waals surface area contributed by atoms with Gasteiger partial charge in [-0.1, -0.05) is 13.3 Å². The quantitative estimate of drug-likeness (QED) is 0.769. The lowest BCUT2D eigenvalue weighted by Crippen LogP contribution is -2.28. The molecule has 0 spiro atoms. The fourth-order valence-corrected chi connectivity index (χ4v) is 2.29. The number of methoxy groups -OCH3 is 1. The van der Waals surface area contributed by atoms with Crippen LogP contribution in [-0.4, -0.2) is 35.2 Å². The number of carbonyl (C=O) groups is 2. The fraction of sp³-hybridized carbons (Fsp3) is 0.545. The Balaban J connectivity index is 2.84. The van der Waals surface area contributed by atoms with Crippen LogP contribution in [0, 0.1) is 6.92 Å². The molecule has 0 radical (unpaired) electrons. The van der Waals surface area contributed by atoms with Gasteiger partial charge in [0.25, 0.3) is 0 Å². The number of anilines is 1. The minimum atomic E-state index is -0.927. The smallest absolute Gasteiger partial charge is 0.357 e. The topological polar surface area (TPSA) is 88.5 Å². The van der Waals surface area contributed by atoms with Crippen LogP contribution in [0.3, 0.4) is 0 Å². The van der Waals surface area contributed by atoms with Crippen molar-refractivity contribution in [1.82, 2.24) is 4.98 Å². The first kappa shape index (κ1) is 14.4. The van der Waals surface area contributed by atoms with Gasteiger partial charge >= 0.3 is 11.9 Å². The standard InChI is InChI=1S/C11H16N2O4S/c1-4-5-7(9(14)15)12-11-13-8(6(2)18-11)10(16)17-3/h7H,4-5H2,1-3H3,(H,12,13)(H,14,15). The van der Waals surface area contributed by atoms with Crippen LogP contribution in [0.25, 0.3) is 0 Å². The molecule has 1 unspecified atom stereocenters. The maximum atomic E-state index is 11.4.